The van der Waals surface area contributed by atoms with Crippen LogP contribution >= 0.6 is 0 Å². The fourth-order valence-electron chi connectivity index (χ4n) is 3.40. The SMILES string of the molecule is CO[C]1[CH][CH]C2(C[CH]1)CCNCc1cc(OC)c(OC)cc12. The van der Waals surface area contributed by atoms with Crippen LogP contribution < -0.4 is 14.8 Å². The van der Waals surface area contributed by atoms with E-state index in [1.807, 2.05) is 0 Å². The van der Waals surface area contributed by atoms with Gasteiger partial charge >= 0.3 is 0 Å². The van der Waals surface area contributed by atoms with E-state index in [0.717, 1.165) is 43.5 Å². The van der Waals surface area contributed by atoms with Gasteiger partial charge in [-0.2, -0.15) is 0 Å². The topological polar surface area (TPSA) is 39.7 Å². The summed E-state index contributed by atoms with van der Waals surface area (Å²) >= 11 is 0. The summed E-state index contributed by atoms with van der Waals surface area (Å²) in [4.78, 5) is 0. The molecule has 1 N–H and O–H groups in total. The van der Waals surface area contributed by atoms with Crippen molar-refractivity contribution in [1.29, 1.82) is 0 Å². The Kier molecular flexibility index (Phi) is 4.59. The number of fused-ring (bicyclic) bond motifs is 2. The Morgan fingerprint density at radius 1 is 1.05 bits per heavy atom. The average molecular weight is 301 g/mol. The van der Waals surface area contributed by atoms with Gasteiger partial charge in [0.25, 0.3) is 0 Å². The van der Waals surface area contributed by atoms with Gasteiger partial charge in [-0.1, -0.05) is 0 Å². The third-order valence-corrected chi connectivity index (χ3v) is 4.68. The number of hydrogen-bond acceptors (Lipinski definition) is 4. The van der Waals surface area contributed by atoms with Gasteiger partial charge in [0, 0.05) is 25.5 Å². The van der Waals surface area contributed by atoms with E-state index in [-0.39, 0.29) is 5.41 Å². The number of ether oxygens (including phenoxy) is 3. The van der Waals surface area contributed by atoms with Crippen molar-refractivity contribution in [2.24, 2.45) is 0 Å². The van der Waals surface area contributed by atoms with Crippen LogP contribution in [-0.2, 0) is 16.7 Å². The standard InChI is InChI=1S/C18H23NO3/c1-20-14-4-6-18(7-5-14)8-9-19-12-13-10-16(21-2)17(22-3)11-15(13)18/h4-6,10-11,19H,7-9,12H2,1-3H3. The molecule has 1 aromatic rings. The second kappa shape index (κ2) is 6.47. The van der Waals surface area contributed by atoms with Gasteiger partial charge in [0.15, 0.2) is 11.5 Å². The molecule has 4 heteroatoms. The molecule has 1 heterocycles. The first-order valence-electron chi connectivity index (χ1n) is 7.62. The van der Waals surface area contributed by atoms with Crippen LogP contribution in [0.3, 0.4) is 0 Å². The zero-order chi connectivity index (χ0) is 15.6. The highest BCUT2D eigenvalue weighted by Gasteiger charge is 2.40. The first kappa shape index (κ1) is 15.6. The third kappa shape index (κ3) is 2.70. The third-order valence-electron chi connectivity index (χ3n) is 4.68. The first-order chi connectivity index (χ1) is 10.7. The van der Waals surface area contributed by atoms with Gasteiger partial charge in [-0.3, -0.25) is 0 Å². The van der Waals surface area contributed by atoms with Crippen molar-refractivity contribution in [2.45, 2.75) is 24.8 Å². The molecule has 1 atom stereocenters. The number of rotatable bonds is 3. The molecule has 22 heavy (non-hydrogen) atoms. The molecule has 4 nitrogen and oxygen atoms in total. The fraction of sp³-hybridized carbons (Fsp3) is 0.444. The summed E-state index contributed by atoms with van der Waals surface area (Å²) in [5, 5.41) is 3.51. The summed E-state index contributed by atoms with van der Waals surface area (Å²) in [5.74, 6) is 1.57. The quantitative estimate of drug-likeness (QED) is 0.931. The molecule has 2 aliphatic rings. The number of hydrogen-bond donors (Lipinski definition) is 1. The Bertz CT molecular complexity index is 521. The predicted molar refractivity (Wildman–Crippen MR) is 85.3 cm³/mol. The fourth-order valence-corrected chi connectivity index (χ4v) is 3.40. The minimum atomic E-state index is 0.000411. The van der Waals surface area contributed by atoms with E-state index in [2.05, 4.69) is 36.7 Å². The Morgan fingerprint density at radius 3 is 2.45 bits per heavy atom. The van der Waals surface area contributed by atoms with Crippen LogP contribution in [0.25, 0.3) is 0 Å². The molecule has 4 radical (unpaired) electrons. The van der Waals surface area contributed by atoms with E-state index in [0.29, 0.717) is 0 Å². The van der Waals surface area contributed by atoms with E-state index in [4.69, 9.17) is 14.2 Å². The van der Waals surface area contributed by atoms with Gasteiger partial charge in [-0.15, -0.1) is 0 Å². The lowest BCUT2D eigenvalue weighted by Gasteiger charge is -2.39. The summed E-state index contributed by atoms with van der Waals surface area (Å²) in [6.07, 6.45) is 9.46. The summed E-state index contributed by atoms with van der Waals surface area (Å²) in [6, 6.07) is 4.23. The highest BCUT2D eigenvalue weighted by Crippen LogP contribution is 2.47. The van der Waals surface area contributed by atoms with Crippen LogP contribution in [0.1, 0.15) is 24.0 Å². The maximum absolute atomic E-state index is 5.51. The molecule has 3 rings (SSSR count). The summed E-state index contributed by atoms with van der Waals surface area (Å²) in [7, 11) is 5.08. The van der Waals surface area contributed by atoms with Crippen LogP contribution in [0.4, 0.5) is 0 Å². The molecule has 1 aliphatic heterocycles. The van der Waals surface area contributed by atoms with Gasteiger partial charge < -0.3 is 19.5 Å². The van der Waals surface area contributed by atoms with Crippen molar-refractivity contribution in [2.75, 3.05) is 27.9 Å². The number of benzene rings is 1. The molecule has 0 aromatic heterocycles. The molecule has 1 saturated carbocycles. The van der Waals surface area contributed by atoms with Crippen LogP contribution in [0.5, 0.6) is 11.5 Å². The van der Waals surface area contributed by atoms with Crippen LogP contribution in [-0.4, -0.2) is 27.9 Å². The highest BCUT2D eigenvalue weighted by molar-refractivity contribution is 5.53. The van der Waals surface area contributed by atoms with E-state index >= 15 is 0 Å². The van der Waals surface area contributed by atoms with Crippen LogP contribution in [0, 0.1) is 25.4 Å². The van der Waals surface area contributed by atoms with Gasteiger partial charge in [-0.05, 0) is 55.5 Å². The first-order valence-corrected chi connectivity index (χ1v) is 7.62. The lowest BCUT2D eigenvalue weighted by atomic mass is 9.66. The Balaban J connectivity index is 2.01. The van der Waals surface area contributed by atoms with Gasteiger partial charge in [0.05, 0.1) is 14.2 Å². The Hall–Kier alpha value is -1.26. The zero-order valence-corrected chi connectivity index (χ0v) is 13.4. The van der Waals surface area contributed by atoms with Crippen molar-refractivity contribution in [3.05, 3.63) is 48.6 Å². The van der Waals surface area contributed by atoms with E-state index in [1.54, 1.807) is 21.3 Å². The Morgan fingerprint density at radius 2 is 1.82 bits per heavy atom. The van der Waals surface area contributed by atoms with Gasteiger partial charge in [0.2, 0.25) is 0 Å². The monoisotopic (exact) mass is 301 g/mol. The zero-order valence-electron chi connectivity index (χ0n) is 13.4. The normalized spacial score (nSPS) is 21.2. The molecule has 118 valence electrons. The van der Waals surface area contributed by atoms with Gasteiger partial charge in [-0.25, -0.2) is 0 Å². The molecule has 0 bridgehead atoms. The number of methoxy groups -OCH3 is 3. The molecule has 1 unspecified atom stereocenters. The minimum absolute atomic E-state index is 0.000411. The molecule has 0 saturated heterocycles. The summed E-state index contributed by atoms with van der Waals surface area (Å²) in [6.45, 7) is 1.84. The smallest absolute Gasteiger partial charge is 0.161 e. The largest absolute Gasteiger partial charge is 0.493 e. The molecular formula is C18H23NO3. The van der Waals surface area contributed by atoms with Crippen molar-refractivity contribution in [3.8, 4) is 11.5 Å². The maximum atomic E-state index is 5.51. The second-order valence-corrected chi connectivity index (χ2v) is 5.80. The maximum Gasteiger partial charge on any atom is 0.161 e. The predicted octanol–water partition coefficient (Wildman–Crippen LogP) is 2.63. The van der Waals surface area contributed by atoms with Crippen LogP contribution in [0.15, 0.2) is 12.1 Å². The summed E-state index contributed by atoms with van der Waals surface area (Å²) < 4.78 is 16.3. The lowest BCUT2D eigenvalue weighted by molar-refractivity contribution is 0.219. The molecule has 1 fully saturated rings. The van der Waals surface area contributed by atoms with E-state index in [9.17, 15) is 0 Å². The minimum Gasteiger partial charge on any atom is -0.493 e. The second-order valence-electron chi connectivity index (χ2n) is 5.80. The van der Waals surface area contributed by atoms with Crippen molar-refractivity contribution >= 4 is 0 Å². The van der Waals surface area contributed by atoms with Crippen molar-refractivity contribution in [3.63, 3.8) is 0 Å². The number of nitrogens with one attached hydrogen (secondary N) is 1. The molecule has 0 amide bonds. The Labute approximate surface area is 133 Å². The lowest BCUT2D eigenvalue weighted by Crippen LogP contribution is -2.34. The summed E-state index contributed by atoms with van der Waals surface area (Å²) in [5.41, 5.74) is 2.59. The molecule has 1 aromatic carbocycles. The van der Waals surface area contributed by atoms with Crippen molar-refractivity contribution < 1.29 is 14.2 Å². The molecule has 1 aliphatic carbocycles. The highest BCUT2D eigenvalue weighted by atomic mass is 16.5. The van der Waals surface area contributed by atoms with Gasteiger partial charge in [0.1, 0.15) is 6.10 Å². The van der Waals surface area contributed by atoms with E-state index in [1.165, 1.54) is 11.1 Å². The molecular weight excluding hydrogens is 278 g/mol. The van der Waals surface area contributed by atoms with Crippen molar-refractivity contribution in [1.82, 2.24) is 5.32 Å². The molecule has 1 spiro atoms. The average Bonchev–Trinajstić information content (AvgIpc) is 2.74. The van der Waals surface area contributed by atoms with E-state index < -0.39 is 0 Å². The van der Waals surface area contributed by atoms with Crippen LogP contribution in [0.2, 0.25) is 0 Å².